The first-order valence-electron chi connectivity index (χ1n) is 5.68. The van der Waals surface area contributed by atoms with E-state index in [1.165, 1.54) is 18.4 Å². The lowest BCUT2D eigenvalue weighted by Crippen LogP contribution is -2.37. The summed E-state index contributed by atoms with van der Waals surface area (Å²) in [5, 5.41) is 4.33. The van der Waals surface area contributed by atoms with Crippen LogP contribution >= 0.6 is 11.3 Å². The first kappa shape index (κ1) is 12.7. The summed E-state index contributed by atoms with van der Waals surface area (Å²) in [7, 11) is 2.19. The number of nitrogens with two attached hydrogens (primary N) is 1. The van der Waals surface area contributed by atoms with Crippen molar-refractivity contribution in [3.05, 3.63) is 22.4 Å². The second-order valence-corrected chi connectivity index (χ2v) is 4.72. The molecule has 0 saturated carbocycles. The minimum Gasteiger partial charge on any atom is -0.329 e. The molecular weight excluding hydrogens is 204 g/mol. The maximum absolute atomic E-state index is 5.88. The van der Waals surface area contributed by atoms with Gasteiger partial charge >= 0.3 is 0 Å². The molecule has 0 aliphatic carbocycles. The van der Waals surface area contributed by atoms with E-state index < -0.39 is 0 Å². The van der Waals surface area contributed by atoms with Crippen LogP contribution in [0.15, 0.2) is 16.8 Å². The summed E-state index contributed by atoms with van der Waals surface area (Å²) < 4.78 is 0. The van der Waals surface area contributed by atoms with Gasteiger partial charge < -0.3 is 5.73 Å². The third-order valence-electron chi connectivity index (χ3n) is 3.16. The highest BCUT2D eigenvalue weighted by molar-refractivity contribution is 7.07. The van der Waals surface area contributed by atoms with Gasteiger partial charge in [-0.05, 0) is 42.3 Å². The molecule has 3 heteroatoms. The van der Waals surface area contributed by atoms with Gasteiger partial charge in [0.15, 0.2) is 0 Å². The molecule has 0 saturated heterocycles. The Labute approximate surface area is 97.1 Å². The average Bonchev–Trinajstić information content (AvgIpc) is 2.74. The smallest absolute Gasteiger partial charge is 0.0478 e. The third-order valence-corrected chi connectivity index (χ3v) is 3.86. The largest absolute Gasteiger partial charge is 0.329 e. The van der Waals surface area contributed by atoms with Gasteiger partial charge in [0.2, 0.25) is 0 Å². The summed E-state index contributed by atoms with van der Waals surface area (Å²) in [5.74, 6) is 0. The molecule has 0 radical (unpaired) electrons. The Bertz CT molecular complexity index is 255. The first-order valence-corrected chi connectivity index (χ1v) is 6.62. The zero-order chi connectivity index (χ0) is 11.3. The highest BCUT2D eigenvalue weighted by atomic mass is 32.1. The van der Waals surface area contributed by atoms with Crippen LogP contribution in [0.5, 0.6) is 0 Å². The van der Waals surface area contributed by atoms with Gasteiger partial charge in [0, 0.05) is 18.6 Å². The number of hydrogen-bond acceptors (Lipinski definition) is 3. The van der Waals surface area contributed by atoms with Crippen LogP contribution in [-0.2, 0) is 0 Å². The lowest BCUT2D eigenvalue weighted by Gasteiger charge is -2.33. The molecule has 0 bridgehead atoms. The van der Waals surface area contributed by atoms with Crippen LogP contribution in [0.25, 0.3) is 0 Å². The highest BCUT2D eigenvalue weighted by Crippen LogP contribution is 2.24. The van der Waals surface area contributed by atoms with Crippen molar-refractivity contribution in [3.8, 4) is 0 Å². The van der Waals surface area contributed by atoms with Gasteiger partial charge in [0.25, 0.3) is 0 Å². The lowest BCUT2D eigenvalue weighted by molar-refractivity contribution is 0.168. The number of nitrogens with zero attached hydrogens (tertiary/aromatic N) is 1. The van der Waals surface area contributed by atoms with Crippen LogP contribution in [0.1, 0.15) is 38.3 Å². The van der Waals surface area contributed by atoms with E-state index in [2.05, 4.69) is 42.6 Å². The maximum Gasteiger partial charge on any atom is 0.0478 e. The Morgan fingerprint density at radius 2 is 2.07 bits per heavy atom. The van der Waals surface area contributed by atoms with Gasteiger partial charge in [-0.1, -0.05) is 13.8 Å². The molecule has 15 heavy (non-hydrogen) atoms. The highest BCUT2D eigenvalue weighted by Gasteiger charge is 2.20. The molecule has 1 rings (SSSR count). The normalized spacial score (nSPS) is 13.7. The van der Waals surface area contributed by atoms with Crippen molar-refractivity contribution in [2.75, 3.05) is 13.6 Å². The van der Waals surface area contributed by atoms with E-state index in [0.717, 1.165) is 0 Å². The summed E-state index contributed by atoms with van der Waals surface area (Å²) in [6.45, 7) is 5.18. The van der Waals surface area contributed by atoms with Gasteiger partial charge in [-0.2, -0.15) is 11.3 Å². The quantitative estimate of drug-likeness (QED) is 0.808. The van der Waals surface area contributed by atoms with E-state index in [-0.39, 0.29) is 0 Å². The van der Waals surface area contributed by atoms with Crippen molar-refractivity contribution in [3.63, 3.8) is 0 Å². The molecule has 0 aliphatic heterocycles. The van der Waals surface area contributed by atoms with Crippen molar-refractivity contribution >= 4 is 11.3 Å². The Morgan fingerprint density at radius 3 is 2.47 bits per heavy atom. The second kappa shape index (κ2) is 6.26. The zero-order valence-corrected chi connectivity index (χ0v) is 10.8. The predicted octanol–water partition coefficient (Wildman–Crippen LogP) is 2.87. The summed E-state index contributed by atoms with van der Waals surface area (Å²) >= 11 is 1.75. The fraction of sp³-hybridized carbons (Fsp3) is 0.667. The first-order chi connectivity index (χ1) is 7.24. The van der Waals surface area contributed by atoms with Crippen molar-refractivity contribution in [1.29, 1.82) is 0 Å². The number of rotatable bonds is 6. The van der Waals surface area contributed by atoms with Gasteiger partial charge in [-0.15, -0.1) is 0 Å². The topological polar surface area (TPSA) is 29.3 Å². The number of likely N-dealkylation sites (N-methyl/N-ethyl adjacent to an activating group) is 1. The molecule has 0 aromatic carbocycles. The van der Waals surface area contributed by atoms with Crippen molar-refractivity contribution in [2.24, 2.45) is 5.73 Å². The van der Waals surface area contributed by atoms with Crippen molar-refractivity contribution < 1.29 is 0 Å². The van der Waals surface area contributed by atoms with E-state index in [1.54, 1.807) is 11.3 Å². The van der Waals surface area contributed by atoms with Gasteiger partial charge in [0.1, 0.15) is 0 Å². The van der Waals surface area contributed by atoms with Gasteiger partial charge in [-0.25, -0.2) is 0 Å². The Hall–Kier alpha value is -0.380. The molecule has 2 nitrogen and oxygen atoms in total. The Morgan fingerprint density at radius 1 is 1.40 bits per heavy atom. The summed E-state index contributed by atoms with van der Waals surface area (Å²) in [4.78, 5) is 2.42. The van der Waals surface area contributed by atoms with E-state index in [1.807, 2.05) is 0 Å². The summed E-state index contributed by atoms with van der Waals surface area (Å²) in [6, 6.07) is 3.20. The standard InChI is InChI=1S/C12H22N2S/c1-4-11(5-2)14(3)12(8-13)10-6-7-15-9-10/h6-7,9,11-12H,4-5,8,13H2,1-3H3. The number of hydrogen-bond donors (Lipinski definition) is 1. The minimum atomic E-state index is 0.376. The molecule has 1 heterocycles. The van der Waals surface area contributed by atoms with E-state index in [9.17, 15) is 0 Å². The van der Waals surface area contributed by atoms with Crippen LogP contribution in [0.2, 0.25) is 0 Å². The van der Waals surface area contributed by atoms with E-state index in [0.29, 0.717) is 18.6 Å². The van der Waals surface area contributed by atoms with E-state index in [4.69, 9.17) is 5.73 Å². The Balaban J connectivity index is 2.74. The number of thiophene rings is 1. The molecule has 1 atom stereocenters. The molecule has 86 valence electrons. The molecule has 1 aromatic rings. The second-order valence-electron chi connectivity index (χ2n) is 3.94. The van der Waals surface area contributed by atoms with Gasteiger partial charge in [0.05, 0.1) is 0 Å². The predicted molar refractivity (Wildman–Crippen MR) is 68.2 cm³/mol. The Kier molecular flexibility index (Phi) is 5.29. The molecule has 2 N–H and O–H groups in total. The van der Waals surface area contributed by atoms with Crippen molar-refractivity contribution in [1.82, 2.24) is 4.90 Å². The molecule has 1 aromatic heterocycles. The van der Waals surface area contributed by atoms with Crippen LogP contribution < -0.4 is 5.73 Å². The fourth-order valence-corrected chi connectivity index (χ4v) is 2.83. The lowest BCUT2D eigenvalue weighted by atomic mass is 10.0. The SMILES string of the molecule is CCC(CC)N(C)C(CN)c1ccsc1. The maximum atomic E-state index is 5.88. The van der Waals surface area contributed by atoms with Crippen LogP contribution in [-0.4, -0.2) is 24.5 Å². The molecule has 1 unspecified atom stereocenters. The zero-order valence-electron chi connectivity index (χ0n) is 9.94. The summed E-state index contributed by atoms with van der Waals surface area (Å²) in [5.41, 5.74) is 7.23. The van der Waals surface area contributed by atoms with Crippen molar-refractivity contribution in [2.45, 2.75) is 38.8 Å². The molecule has 0 fully saturated rings. The molecule has 0 spiro atoms. The minimum absolute atomic E-state index is 0.376. The van der Waals surface area contributed by atoms with Crippen LogP contribution in [0, 0.1) is 0 Å². The monoisotopic (exact) mass is 226 g/mol. The van der Waals surface area contributed by atoms with Gasteiger partial charge in [-0.3, -0.25) is 4.90 Å². The van der Waals surface area contributed by atoms with E-state index >= 15 is 0 Å². The van der Waals surface area contributed by atoms with Crippen LogP contribution in [0.4, 0.5) is 0 Å². The molecular formula is C12H22N2S. The third kappa shape index (κ3) is 3.03. The fourth-order valence-electron chi connectivity index (χ4n) is 2.12. The average molecular weight is 226 g/mol. The van der Waals surface area contributed by atoms with Crippen LogP contribution in [0.3, 0.4) is 0 Å². The molecule has 0 amide bonds. The summed E-state index contributed by atoms with van der Waals surface area (Å²) in [6.07, 6.45) is 2.38. The molecule has 0 aliphatic rings.